The number of rotatable bonds is 4. The number of hydrogen-bond donors (Lipinski definition) is 2. The van der Waals surface area contributed by atoms with Gasteiger partial charge in [0.25, 0.3) is 0 Å². The van der Waals surface area contributed by atoms with Crippen LogP contribution in [0.5, 0.6) is 11.5 Å². The second kappa shape index (κ2) is 5.59. The molecular weight excluding hydrogens is 228 g/mol. The van der Waals surface area contributed by atoms with Crippen LogP contribution in [0.4, 0.5) is 0 Å². The van der Waals surface area contributed by atoms with E-state index < -0.39 is 0 Å². The Bertz CT molecular complexity index is 410. The van der Waals surface area contributed by atoms with E-state index in [1.165, 1.54) is 11.1 Å². The molecule has 1 aromatic rings. The zero-order valence-electron chi connectivity index (χ0n) is 11.4. The minimum Gasteiger partial charge on any atom is -0.496 e. The van der Waals surface area contributed by atoms with Crippen molar-refractivity contribution in [2.45, 2.75) is 38.9 Å². The maximum Gasteiger partial charge on any atom is 0.127 e. The van der Waals surface area contributed by atoms with Crippen molar-refractivity contribution in [3.8, 4) is 11.5 Å². The molecule has 0 radical (unpaired) electrons. The third-order valence-corrected chi connectivity index (χ3v) is 3.69. The summed E-state index contributed by atoms with van der Waals surface area (Å²) in [5.74, 6) is 1.85. The highest BCUT2D eigenvalue weighted by Crippen LogP contribution is 2.37. The van der Waals surface area contributed by atoms with E-state index in [4.69, 9.17) is 15.2 Å². The van der Waals surface area contributed by atoms with E-state index >= 15 is 0 Å². The second-order valence-electron chi connectivity index (χ2n) is 4.62. The van der Waals surface area contributed by atoms with Gasteiger partial charge in [-0.3, -0.25) is 0 Å². The second-order valence-corrected chi connectivity index (χ2v) is 4.62. The molecule has 2 rings (SSSR count). The molecule has 1 atom stereocenters. The third kappa shape index (κ3) is 2.18. The summed E-state index contributed by atoms with van der Waals surface area (Å²) in [6.45, 7) is 3.49. The van der Waals surface area contributed by atoms with Gasteiger partial charge >= 0.3 is 0 Å². The SMILES string of the molecule is CCC1Cc2c(c(OC)cc(CN)c2OC)CN1. The predicted molar refractivity (Wildman–Crippen MR) is 72.1 cm³/mol. The number of nitrogens with one attached hydrogen (secondary N) is 1. The molecule has 1 unspecified atom stereocenters. The lowest BCUT2D eigenvalue weighted by Crippen LogP contribution is -2.35. The first-order valence-electron chi connectivity index (χ1n) is 6.44. The van der Waals surface area contributed by atoms with Crippen molar-refractivity contribution in [1.82, 2.24) is 5.32 Å². The van der Waals surface area contributed by atoms with Gasteiger partial charge in [0.2, 0.25) is 0 Å². The Morgan fingerprint density at radius 3 is 2.67 bits per heavy atom. The third-order valence-electron chi connectivity index (χ3n) is 3.69. The fourth-order valence-electron chi connectivity index (χ4n) is 2.64. The van der Waals surface area contributed by atoms with E-state index in [1.54, 1.807) is 14.2 Å². The number of fused-ring (bicyclic) bond motifs is 1. The van der Waals surface area contributed by atoms with Gasteiger partial charge in [0.15, 0.2) is 0 Å². The van der Waals surface area contributed by atoms with Crippen LogP contribution in [-0.2, 0) is 19.5 Å². The molecule has 0 fully saturated rings. The van der Waals surface area contributed by atoms with Crippen LogP contribution in [0.15, 0.2) is 6.07 Å². The van der Waals surface area contributed by atoms with Crippen LogP contribution >= 0.6 is 0 Å². The average Bonchev–Trinajstić information content (AvgIpc) is 2.44. The van der Waals surface area contributed by atoms with Gasteiger partial charge in [-0.05, 0) is 18.9 Å². The summed E-state index contributed by atoms with van der Waals surface area (Å²) >= 11 is 0. The van der Waals surface area contributed by atoms with Crippen LogP contribution in [0, 0.1) is 0 Å². The molecule has 1 aliphatic rings. The normalized spacial score (nSPS) is 18.3. The van der Waals surface area contributed by atoms with Crippen molar-refractivity contribution < 1.29 is 9.47 Å². The van der Waals surface area contributed by atoms with E-state index in [0.29, 0.717) is 12.6 Å². The number of ether oxygens (including phenoxy) is 2. The van der Waals surface area contributed by atoms with E-state index in [9.17, 15) is 0 Å². The first-order chi connectivity index (χ1) is 8.74. The lowest BCUT2D eigenvalue weighted by atomic mass is 9.91. The quantitative estimate of drug-likeness (QED) is 0.852. The molecular formula is C14H22N2O2. The summed E-state index contributed by atoms with van der Waals surface area (Å²) in [5.41, 5.74) is 9.27. The van der Waals surface area contributed by atoms with Gasteiger partial charge in [0.1, 0.15) is 11.5 Å². The molecule has 1 aromatic carbocycles. The molecule has 0 aromatic heterocycles. The Balaban J connectivity index is 2.53. The summed E-state index contributed by atoms with van der Waals surface area (Å²) < 4.78 is 11.0. The molecule has 4 nitrogen and oxygen atoms in total. The molecule has 18 heavy (non-hydrogen) atoms. The molecule has 0 amide bonds. The summed E-state index contributed by atoms with van der Waals surface area (Å²) in [5, 5.41) is 3.52. The molecule has 0 spiro atoms. The number of nitrogens with two attached hydrogens (primary N) is 1. The van der Waals surface area contributed by atoms with Crippen LogP contribution in [-0.4, -0.2) is 20.3 Å². The van der Waals surface area contributed by atoms with Crippen LogP contribution in [0.1, 0.15) is 30.0 Å². The van der Waals surface area contributed by atoms with E-state index in [1.807, 2.05) is 6.07 Å². The lowest BCUT2D eigenvalue weighted by molar-refractivity contribution is 0.370. The summed E-state index contributed by atoms with van der Waals surface area (Å²) in [4.78, 5) is 0. The van der Waals surface area contributed by atoms with Crippen molar-refractivity contribution in [2.24, 2.45) is 5.73 Å². The fraction of sp³-hybridized carbons (Fsp3) is 0.571. The zero-order chi connectivity index (χ0) is 13.1. The molecule has 1 heterocycles. The molecule has 0 aliphatic carbocycles. The highest BCUT2D eigenvalue weighted by molar-refractivity contribution is 5.55. The maximum atomic E-state index is 5.80. The Morgan fingerprint density at radius 2 is 2.11 bits per heavy atom. The zero-order valence-corrected chi connectivity index (χ0v) is 11.4. The fourth-order valence-corrected chi connectivity index (χ4v) is 2.64. The Hall–Kier alpha value is -1.26. The molecule has 4 heteroatoms. The van der Waals surface area contributed by atoms with Gasteiger partial charge in [-0.2, -0.15) is 0 Å². The first-order valence-corrected chi connectivity index (χ1v) is 6.44. The summed E-state index contributed by atoms with van der Waals surface area (Å²) in [7, 11) is 3.42. The number of methoxy groups -OCH3 is 2. The highest BCUT2D eigenvalue weighted by atomic mass is 16.5. The smallest absolute Gasteiger partial charge is 0.127 e. The van der Waals surface area contributed by atoms with Gasteiger partial charge < -0.3 is 20.5 Å². The molecule has 0 saturated heterocycles. The minimum absolute atomic E-state index is 0.469. The van der Waals surface area contributed by atoms with Crippen molar-refractivity contribution in [3.63, 3.8) is 0 Å². The van der Waals surface area contributed by atoms with Crippen molar-refractivity contribution in [3.05, 3.63) is 22.8 Å². The topological polar surface area (TPSA) is 56.5 Å². The summed E-state index contributed by atoms with van der Waals surface area (Å²) in [6, 6.07) is 2.50. The van der Waals surface area contributed by atoms with Crippen molar-refractivity contribution >= 4 is 0 Å². The lowest BCUT2D eigenvalue weighted by Gasteiger charge is -2.29. The Morgan fingerprint density at radius 1 is 1.33 bits per heavy atom. The molecule has 100 valence electrons. The van der Waals surface area contributed by atoms with E-state index in [-0.39, 0.29) is 0 Å². The number of hydrogen-bond acceptors (Lipinski definition) is 4. The minimum atomic E-state index is 0.469. The monoisotopic (exact) mass is 250 g/mol. The summed E-state index contributed by atoms with van der Waals surface area (Å²) in [6.07, 6.45) is 2.08. The molecule has 3 N–H and O–H groups in total. The Labute approximate surface area is 108 Å². The van der Waals surface area contributed by atoms with Gasteiger partial charge in [0, 0.05) is 35.8 Å². The van der Waals surface area contributed by atoms with Gasteiger partial charge in [-0.1, -0.05) is 6.92 Å². The number of benzene rings is 1. The highest BCUT2D eigenvalue weighted by Gasteiger charge is 2.25. The van der Waals surface area contributed by atoms with Gasteiger partial charge in [-0.25, -0.2) is 0 Å². The maximum absolute atomic E-state index is 5.80. The van der Waals surface area contributed by atoms with E-state index in [0.717, 1.165) is 36.4 Å². The molecule has 1 aliphatic heterocycles. The van der Waals surface area contributed by atoms with Crippen LogP contribution in [0.3, 0.4) is 0 Å². The van der Waals surface area contributed by atoms with Crippen LogP contribution in [0.2, 0.25) is 0 Å². The van der Waals surface area contributed by atoms with Crippen molar-refractivity contribution in [1.29, 1.82) is 0 Å². The van der Waals surface area contributed by atoms with Gasteiger partial charge in [0.05, 0.1) is 14.2 Å². The van der Waals surface area contributed by atoms with Crippen LogP contribution in [0.25, 0.3) is 0 Å². The largest absolute Gasteiger partial charge is 0.496 e. The molecule has 0 saturated carbocycles. The van der Waals surface area contributed by atoms with E-state index in [2.05, 4.69) is 12.2 Å². The van der Waals surface area contributed by atoms with Crippen molar-refractivity contribution in [2.75, 3.05) is 14.2 Å². The van der Waals surface area contributed by atoms with Gasteiger partial charge in [-0.15, -0.1) is 0 Å². The average molecular weight is 250 g/mol. The Kier molecular flexibility index (Phi) is 4.09. The molecule has 0 bridgehead atoms. The first kappa shape index (κ1) is 13.2. The predicted octanol–water partition coefficient (Wildman–Crippen LogP) is 1.59. The standard InChI is InChI=1S/C14H22N2O2/c1-4-10-6-11-12(8-16-10)13(17-2)5-9(7-15)14(11)18-3/h5,10,16H,4,6-8,15H2,1-3H3. The van der Waals surface area contributed by atoms with Crippen LogP contribution < -0.4 is 20.5 Å².